The second-order valence-electron chi connectivity index (χ2n) is 3.47. The van der Waals surface area contributed by atoms with Crippen molar-refractivity contribution in [3.63, 3.8) is 0 Å². The Morgan fingerprint density at radius 1 is 1.65 bits per heavy atom. The molecule has 0 aliphatic heterocycles. The average molecular weight is 240 g/mol. The lowest BCUT2D eigenvalue weighted by Crippen LogP contribution is -2.37. The highest BCUT2D eigenvalue weighted by Gasteiger charge is 2.08. The van der Waals surface area contributed by atoms with Gasteiger partial charge in [0.25, 0.3) is 5.56 Å². The number of ether oxygens (including phenoxy) is 1. The highest BCUT2D eigenvalue weighted by molar-refractivity contribution is 5.80. The molecule has 0 aromatic carbocycles. The molecular formula is C10H16N4O3. The van der Waals surface area contributed by atoms with Crippen LogP contribution in [0.4, 0.5) is 5.82 Å². The Morgan fingerprint density at radius 3 is 3.06 bits per heavy atom. The summed E-state index contributed by atoms with van der Waals surface area (Å²) in [7, 11) is 3.26. The van der Waals surface area contributed by atoms with Gasteiger partial charge in [0, 0.05) is 26.8 Å². The van der Waals surface area contributed by atoms with Crippen LogP contribution >= 0.6 is 0 Å². The van der Waals surface area contributed by atoms with Gasteiger partial charge < -0.3 is 19.9 Å². The maximum Gasteiger partial charge on any atom is 0.252 e. The number of nitrogens with one attached hydrogen (secondary N) is 2. The molecule has 2 N–H and O–H groups in total. The van der Waals surface area contributed by atoms with E-state index in [1.54, 1.807) is 19.1 Å². The molecular weight excluding hydrogens is 224 g/mol. The molecule has 7 nitrogen and oxygen atoms in total. The fourth-order valence-electron chi connectivity index (χ4n) is 1.21. The first kappa shape index (κ1) is 13.2. The highest BCUT2D eigenvalue weighted by Crippen LogP contribution is 2.01. The third kappa shape index (κ3) is 4.64. The average Bonchev–Trinajstić information content (AvgIpc) is 2.29. The second kappa shape index (κ2) is 6.64. The molecule has 0 bridgehead atoms. The number of anilines is 1. The molecule has 0 spiro atoms. The molecule has 0 saturated heterocycles. The van der Waals surface area contributed by atoms with Crippen LogP contribution in [-0.4, -0.2) is 49.7 Å². The number of carbonyl (C=O) groups is 1. The molecule has 1 aromatic heterocycles. The molecule has 0 fully saturated rings. The van der Waals surface area contributed by atoms with Crippen LogP contribution in [0.1, 0.15) is 0 Å². The molecule has 17 heavy (non-hydrogen) atoms. The van der Waals surface area contributed by atoms with E-state index >= 15 is 0 Å². The summed E-state index contributed by atoms with van der Waals surface area (Å²) in [4.78, 5) is 30.5. The van der Waals surface area contributed by atoms with E-state index < -0.39 is 0 Å². The SMILES string of the molecule is COCCNC(=O)CN(C)c1cc(=O)[nH]cn1. The van der Waals surface area contributed by atoms with E-state index in [9.17, 15) is 9.59 Å². The quantitative estimate of drug-likeness (QED) is 0.621. The Bertz CT molecular complexity index is 418. The monoisotopic (exact) mass is 240 g/mol. The van der Waals surface area contributed by atoms with Crippen molar-refractivity contribution in [2.24, 2.45) is 0 Å². The lowest BCUT2D eigenvalue weighted by Gasteiger charge is -2.16. The van der Waals surface area contributed by atoms with Crippen LogP contribution in [0.2, 0.25) is 0 Å². The number of methoxy groups -OCH3 is 1. The number of nitrogens with zero attached hydrogens (tertiary/aromatic N) is 2. The first-order chi connectivity index (χ1) is 8.13. The van der Waals surface area contributed by atoms with E-state index in [-0.39, 0.29) is 18.0 Å². The van der Waals surface area contributed by atoms with Gasteiger partial charge in [-0.25, -0.2) is 4.98 Å². The van der Waals surface area contributed by atoms with E-state index in [1.165, 1.54) is 12.4 Å². The standard InChI is InChI=1S/C10H16N4O3/c1-14(6-10(16)11-3-4-17-2)8-5-9(15)13-7-12-8/h5,7H,3-4,6H2,1-2H3,(H,11,16)(H,12,13,15). The summed E-state index contributed by atoms with van der Waals surface area (Å²) in [5.74, 6) is 0.308. The van der Waals surface area contributed by atoms with Crippen LogP contribution < -0.4 is 15.8 Å². The van der Waals surface area contributed by atoms with Gasteiger partial charge in [0.05, 0.1) is 19.5 Å². The van der Waals surface area contributed by atoms with Crippen LogP contribution in [0.25, 0.3) is 0 Å². The molecule has 7 heteroatoms. The molecule has 1 heterocycles. The van der Waals surface area contributed by atoms with E-state index in [0.717, 1.165) is 0 Å². The van der Waals surface area contributed by atoms with Crippen LogP contribution in [-0.2, 0) is 9.53 Å². The Morgan fingerprint density at radius 2 is 2.41 bits per heavy atom. The lowest BCUT2D eigenvalue weighted by atomic mass is 10.4. The summed E-state index contributed by atoms with van der Waals surface area (Å²) in [6.07, 6.45) is 1.30. The minimum atomic E-state index is -0.248. The van der Waals surface area contributed by atoms with Crippen molar-refractivity contribution in [2.75, 3.05) is 38.8 Å². The van der Waals surface area contributed by atoms with Gasteiger partial charge >= 0.3 is 0 Å². The number of H-pyrrole nitrogens is 1. The summed E-state index contributed by atoms with van der Waals surface area (Å²) in [5.41, 5.74) is -0.248. The lowest BCUT2D eigenvalue weighted by molar-refractivity contribution is -0.119. The number of likely N-dealkylation sites (N-methyl/N-ethyl adjacent to an activating group) is 1. The molecule has 0 radical (unpaired) electrons. The maximum absolute atomic E-state index is 11.5. The number of carbonyl (C=O) groups excluding carboxylic acids is 1. The third-order valence-electron chi connectivity index (χ3n) is 2.06. The molecule has 0 saturated carbocycles. The summed E-state index contributed by atoms with van der Waals surface area (Å²) in [6, 6.07) is 1.34. The Balaban J connectivity index is 2.46. The van der Waals surface area contributed by atoms with Crippen molar-refractivity contribution in [1.29, 1.82) is 0 Å². The van der Waals surface area contributed by atoms with Gasteiger partial charge in [-0.05, 0) is 0 Å². The zero-order chi connectivity index (χ0) is 12.7. The number of amides is 1. The van der Waals surface area contributed by atoms with E-state index in [0.29, 0.717) is 19.0 Å². The Kier molecular flexibility index (Phi) is 5.15. The molecule has 1 amide bonds. The minimum absolute atomic E-state index is 0.139. The van der Waals surface area contributed by atoms with Crippen molar-refractivity contribution in [2.45, 2.75) is 0 Å². The number of hydrogen-bond acceptors (Lipinski definition) is 5. The molecule has 1 aromatic rings. The molecule has 0 aliphatic rings. The molecule has 94 valence electrons. The molecule has 0 atom stereocenters. The summed E-state index contributed by atoms with van der Waals surface area (Å²) in [5, 5.41) is 2.68. The van der Waals surface area contributed by atoms with Crippen molar-refractivity contribution in [3.8, 4) is 0 Å². The molecule has 0 aliphatic carbocycles. The van der Waals surface area contributed by atoms with Crippen molar-refractivity contribution in [3.05, 3.63) is 22.7 Å². The number of rotatable bonds is 6. The van der Waals surface area contributed by atoms with Crippen molar-refractivity contribution in [1.82, 2.24) is 15.3 Å². The summed E-state index contributed by atoms with van der Waals surface area (Å²) in [6.45, 7) is 1.07. The first-order valence-electron chi connectivity index (χ1n) is 5.15. The Hall–Kier alpha value is -1.89. The summed E-state index contributed by atoms with van der Waals surface area (Å²) >= 11 is 0. The topological polar surface area (TPSA) is 87.3 Å². The van der Waals surface area contributed by atoms with Gasteiger partial charge in [-0.2, -0.15) is 0 Å². The fourth-order valence-corrected chi connectivity index (χ4v) is 1.21. The van der Waals surface area contributed by atoms with Crippen LogP contribution in [0.5, 0.6) is 0 Å². The molecule has 1 rings (SSSR count). The zero-order valence-electron chi connectivity index (χ0n) is 9.90. The third-order valence-corrected chi connectivity index (χ3v) is 2.06. The minimum Gasteiger partial charge on any atom is -0.383 e. The van der Waals surface area contributed by atoms with E-state index in [2.05, 4.69) is 15.3 Å². The molecule has 0 unspecified atom stereocenters. The van der Waals surface area contributed by atoms with Crippen LogP contribution in [0, 0.1) is 0 Å². The van der Waals surface area contributed by atoms with Crippen molar-refractivity contribution < 1.29 is 9.53 Å². The number of aromatic amines is 1. The zero-order valence-corrected chi connectivity index (χ0v) is 9.90. The van der Waals surface area contributed by atoms with Gasteiger partial charge in [-0.15, -0.1) is 0 Å². The van der Waals surface area contributed by atoms with E-state index in [4.69, 9.17) is 4.74 Å². The number of aromatic nitrogens is 2. The van der Waals surface area contributed by atoms with Gasteiger partial charge in [-0.1, -0.05) is 0 Å². The number of hydrogen-bond donors (Lipinski definition) is 2. The van der Waals surface area contributed by atoms with Gasteiger partial charge in [0.2, 0.25) is 5.91 Å². The van der Waals surface area contributed by atoms with Crippen LogP contribution in [0.15, 0.2) is 17.2 Å². The Labute approximate surface area is 98.8 Å². The van der Waals surface area contributed by atoms with Crippen LogP contribution in [0.3, 0.4) is 0 Å². The van der Waals surface area contributed by atoms with Gasteiger partial charge in [0.15, 0.2) is 0 Å². The van der Waals surface area contributed by atoms with Gasteiger partial charge in [-0.3, -0.25) is 9.59 Å². The predicted molar refractivity (Wildman–Crippen MR) is 63.0 cm³/mol. The fraction of sp³-hybridized carbons (Fsp3) is 0.500. The predicted octanol–water partition coefficient (Wildman–Crippen LogP) is -1.03. The largest absolute Gasteiger partial charge is 0.383 e. The normalized spacial score (nSPS) is 10.0. The highest BCUT2D eigenvalue weighted by atomic mass is 16.5. The maximum atomic E-state index is 11.5. The van der Waals surface area contributed by atoms with Crippen molar-refractivity contribution >= 4 is 11.7 Å². The summed E-state index contributed by atoms with van der Waals surface area (Å²) < 4.78 is 4.81. The first-order valence-corrected chi connectivity index (χ1v) is 5.15. The van der Waals surface area contributed by atoms with Gasteiger partial charge in [0.1, 0.15) is 5.82 Å². The van der Waals surface area contributed by atoms with E-state index in [1.807, 2.05) is 0 Å². The smallest absolute Gasteiger partial charge is 0.252 e. The second-order valence-corrected chi connectivity index (χ2v) is 3.47.